The van der Waals surface area contributed by atoms with E-state index in [0.29, 0.717) is 18.5 Å². The highest BCUT2D eigenvalue weighted by Gasteiger charge is 2.44. The average Bonchev–Trinajstić information content (AvgIpc) is 3.42. The molecule has 1 aliphatic heterocycles. The van der Waals surface area contributed by atoms with Crippen molar-refractivity contribution in [2.75, 3.05) is 26.3 Å². The fourth-order valence-corrected chi connectivity index (χ4v) is 5.14. The molecule has 2 saturated carbocycles. The Morgan fingerprint density at radius 1 is 1.16 bits per heavy atom. The zero-order chi connectivity index (χ0) is 17.1. The minimum atomic E-state index is 0.262. The van der Waals surface area contributed by atoms with E-state index >= 15 is 0 Å². The van der Waals surface area contributed by atoms with Gasteiger partial charge in [0.05, 0.1) is 19.8 Å². The van der Waals surface area contributed by atoms with Crippen LogP contribution in [0, 0.1) is 0 Å². The molecular formula is C19H32N4O2. The molecule has 25 heavy (non-hydrogen) atoms. The molecule has 1 saturated heterocycles. The number of nitrogens with zero attached hydrogens (tertiary/aromatic N) is 3. The zero-order valence-corrected chi connectivity index (χ0v) is 15.5. The largest absolute Gasteiger partial charge is 0.379 e. The van der Waals surface area contributed by atoms with Gasteiger partial charge in [-0.1, -0.05) is 30.8 Å². The van der Waals surface area contributed by atoms with E-state index in [4.69, 9.17) is 9.26 Å². The number of hydrogen-bond donors (Lipinski definition) is 1. The summed E-state index contributed by atoms with van der Waals surface area (Å²) in [5.74, 6) is 2.18. The van der Waals surface area contributed by atoms with Crippen molar-refractivity contribution in [2.45, 2.75) is 82.3 Å². The topological polar surface area (TPSA) is 63.4 Å². The predicted molar refractivity (Wildman–Crippen MR) is 95.4 cm³/mol. The highest BCUT2D eigenvalue weighted by molar-refractivity contribution is 5.03. The van der Waals surface area contributed by atoms with Gasteiger partial charge in [-0.25, -0.2) is 0 Å². The second-order valence-electron chi connectivity index (χ2n) is 8.04. The molecule has 1 atom stereocenters. The van der Waals surface area contributed by atoms with Gasteiger partial charge in [0.1, 0.15) is 0 Å². The van der Waals surface area contributed by atoms with Gasteiger partial charge >= 0.3 is 0 Å². The maximum absolute atomic E-state index is 5.57. The van der Waals surface area contributed by atoms with Gasteiger partial charge in [-0.2, -0.15) is 4.98 Å². The summed E-state index contributed by atoms with van der Waals surface area (Å²) in [5, 5.41) is 7.93. The number of rotatable bonds is 6. The molecule has 6 nitrogen and oxygen atoms in total. The third kappa shape index (κ3) is 3.62. The second kappa shape index (κ2) is 7.72. The molecule has 0 amide bonds. The predicted octanol–water partition coefficient (Wildman–Crippen LogP) is 2.85. The van der Waals surface area contributed by atoms with Crippen molar-refractivity contribution in [1.82, 2.24) is 20.4 Å². The van der Waals surface area contributed by atoms with Gasteiger partial charge in [0.2, 0.25) is 5.89 Å². The lowest BCUT2D eigenvalue weighted by molar-refractivity contribution is -0.0337. The first-order valence-electron chi connectivity index (χ1n) is 10.2. The molecule has 0 bridgehead atoms. The van der Waals surface area contributed by atoms with Gasteiger partial charge < -0.3 is 14.6 Å². The van der Waals surface area contributed by atoms with E-state index in [1.165, 1.54) is 51.4 Å². The van der Waals surface area contributed by atoms with Crippen LogP contribution < -0.4 is 5.32 Å². The summed E-state index contributed by atoms with van der Waals surface area (Å²) >= 11 is 0. The summed E-state index contributed by atoms with van der Waals surface area (Å²) in [5.41, 5.74) is 0.262. The van der Waals surface area contributed by atoms with Crippen molar-refractivity contribution in [3.63, 3.8) is 0 Å². The number of aromatic nitrogens is 2. The highest BCUT2D eigenvalue weighted by Crippen LogP contribution is 2.38. The van der Waals surface area contributed by atoms with E-state index in [2.05, 4.69) is 27.3 Å². The van der Waals surface area contributed by atoms with Crippen LogP contribution in [0.5, 0.6) is 0 Å². The third-order valence-electron chi connectivity index (χ3n) is 6.68. The van der Waals surface area contributed by atoms with Crippen LogP contribution in [0.15, 0.2) is 4.52 Å². The van der Waals surface area contributed by atoms with Crippen molar-refractivity contribution >= 4 is 0 Å². The van der Waals surface area contributed by atoms with Crippen molar-refractivity contribution < 1.29 is 9.26 Å². The van der Waals surface area contributed by atoms with Gasteiger partial charge in [0.25, 0.3) is 0 Å². The minimum absolute atomic E-state index is 0.262. The third-order valence-corrected chi connectivity index (χ3v) is 6.68. The van der Waals surface area contributed by atoms with Crippen LogP contribution in [0.4, 0.5) is 0 Å². The molecule has 1 N–H and O–H groups in total. The molecule has 2 aliphatic carbocycles. The van der Waals surface area contributed by atoms with Crippen LogP contribution in [0.25, 0.3) is 0 Å². The maximum Gasteiger partial charge on any atom is 0.240 e. The van der Waals surface area contributed by atoms with Crippen LogP contribution >= 0.6 is 0 Å². The van der Waals surface area contributed by atoms with Gasteiger partial charge in [0, 0.05) is 30.6 Å². The van der Waals surface area contributed by atoms with Gasteiger partial charge in [-0.3, -0.25) is 4.90 Å². The molecule has 140 valence electrons. The smallest absolute Gasteiger partial charge is 0.240 e. The van der Waals surface area contributed by atoms with Crippen LogP contribution in [0.2, 0.25) is 0 Å². The maximum atomic E-state index is 5.57. The summed E-state index contributed by atoms with van der Waals surface area (Å²) in [4.78, 5) is 7.32. The Bertz CT molecular complexity index is 543. The molecule has 1 unspecified atom stereocenters. The Kier molecular flexibility index (Phi) is 5.39. The SMILES string of the molecule is CC(NCc1nc(C2CCCC2)no1)C1(N2CCOCC2)CCCC1. The average molecular weight is 348 g/mol. The molecule has 1 aromatic heterocycles. The first-order valence-corrected chi connectivity index (χ1v) is 10.2. The van der Waals surface area contributed by atoms with E-state index < -0.39 is 0 Å². The quantitative estimate of drug-likeness (QED) is 0.853. The van der Waals surface area contributed by atoms with Crippen LogP contribution in [-0.2, 0) is 11.3 Å². The lowest BCUT2D eigenvalue weighted by atomic mass is 9.86. The fraction of sp³-hybridized carbons (Fsp3) is 0.895. The van der Waals surface area contributed by atoms with Crippen molar-refractivity contribution in [2.24, 2.45) is 0 Å². The minimum Gasteiger partial charge on any atom is -0.379 e. The summed E-state index contributed by atoms with van der Waals surface area (Å²) < 4.78 is 11.1. The lowest BCUT2D eigenvalue weighted by Crippen LogP contribution is -2.61. The number of ether oxygens (including phenoxy) is 1. The number of hydrogen-bond acceptors (Lipinski definition) is 6. The van der Waals surface area contributed by atoms with Crippen LogP contribution in [0.1, 0.15) is 75.9 Å². The normalized spacial score (nSPS) is 26.3. The van der Waals surface area contributed by atoms with Crippen molar-refractivity contribution in [3.05, 3.63) is 11.7 Å². The summed E-state index contributed by atoms with van der Waals surface area (Å²) in [6.07, 6.45) is 10.2. The number of nitrogens with one attached hydrogen (secondary N) is 1. The molecule has 4 rings (SSSR count). The first kappa shape index (κ1) is 17.4. The zero-order valence-electron chi connectivity index (χ0n) is 15.5. The standard InChI is InChI=1S/C19H32N4O2/c1-15(19(8-4-5-9-19)23-10-12-24-13-11-23)20-14-17-21-18(22-25-17)16-6-2-3-7-16/h15-16,20H,2-14H2,1H3. The summed E-state index contributed by atoms with van der Waals surface area (Å²) in [6, 6.07) is 0.412. The Balaban J connectivity index is 1.37. The van der Waals surface area contributed by atoms with Gasteiger partial charge in [0.15, 0.2) is 5.82 Å². The molecule has 2 heterocycles. The first-order chi connectivity index (χ1) is 12.3. The Morgan fingerprint density at radius 3 is 2.60 bits per heavy atom. The van der Waals surface area contributed by atoms with E-state index in [1.807, 2.05) is 0 Å². The lowest BCUT2D eigenvalue weighted by Gasteiger charge is -2.47. The molecule has 0 aromatic carbocycles. The van der Waals surface area contributed by atoms with E-state index in [1.54, 1.807) is 0 Å². The molecule has 0 spiro atoms. The van der Waals surface area contributed by atoms with E-state index in [9.17, 15) is 0 Å². The second-order valence-corrected chi connectivity index (χ2v) is 8.04. The molecule has 3 aliphatic rings. The van der Waals surface area contributed by atoms with E-state index in [-0.39, 0.29) is 5.54 Å². The molecule has 1 aromatic rings. The van der Waals surface area contributed by atoms with Gasteiger partial charge in [-0.15, -0.1) is 0 Å². The van der Waals surface area contributed by atoms with E-state index in [0.717, 1.165) is 38.0 Å². The Labute approximate surface area is 150 Å². The van der Waals surface area contributed by atoms with Crippen molar-refractivity contribution in [1.29, 1.82) is 0 Å². The summed E-state index contributed by atoms with van der Waals surface area (Å²) in [7, 11) is 0. The molecule has 3 fully saturated rings. The Hall–Kier alpha value is -0.980. The molecular weight excluding hydrogens is 316 g/mol. The van der Waals surface area contributed by atoms with Crippen LogP contribution in [-0.4, -0.2) is 52.9 Å². The monoisotopic (exact) mass is 348 g/mol. The van der Waals surface area contributed by atoms with Crippen molar-refractivity contribution in [3.8, 4) is 0 Å². The molecule has 0 radical (unpaired) electrons. The molecule has 6 heteroatoms. The van der Waals surface area contributed by atoms with Crippen LogP contribution in [0.3, 0.4) is 0 Å². The van der Waals surface area contributed by atoms with Gasteiger partial charge in [-0.05, 0) is 32.6 Å². The summed E-state index contributed by atoms with van der Waals surface area (Å²) in [6.45, 7) is 6.84. The Morgan fingerprint density at radius 2 is 1.88 bits per heavy atom. The highest BCUT2D eigenvalue weighted by atomic mass is 16.5. The number of morpholine rings is 1. The fourth-order valence-electron chi connectivity index (χ4n) is 5.14.